The molecule has 7 heteroatoms. The second kappa shape index (κ2) is 5.66. The van der Waals surface area contributed by atoms with Crippen molar-refractivity contribution >= 4 is 38.4 Å². The van der Waals surface area contributed by atoms with Crippen LogP contribution >= 0.6 is 27.5 Å². The van der Waals surface area contributed by atoms with Crippen LogP contribution in [0.2, 0.25) is 5.02 Å². The molecular weight excluding hydrogens is 361 g/mol. The van der Waals surface area contributed by atoms with Gasteiger partial charge in [-0.1, -0.05) is 11.6 Å². The predicted molar refractivity (Wildman–Crippen MR) is 84.5 cm³/mol. The third kappa shape index (κ3) is 2.72. The van der Waals surface area contributed by atoms with E-state index in [1.807, 2.05) is 0 Å². The van der Waals surface area contributed by atoms with E-state index in [4.69, 9.17) is 11.6 Å². The third-order valence-corrected chi connectivity index (χ3v) is 5.26. The van der Waals surface area contributed by atoms with Gasteiger partial charge in [0.25, 0.3) is 5.56 Å². The monoisotopic (exact) mass is 373 g/mol. The zero-order valence-corrected chi connectivity index (χ0v) is 13.8. The van der Waals surface area contributed by atoms with Crippen LogP contribution in [-0.4, -0.2) is 35.0 Å². The van der Waals surface area contributed by atoms with Crippen LogP contribution in [0.3, 0.4) is 0 Å². The van der Waals surface area contributed by atoms with Crippen LogP contribution in [0.1, 0.15) is 24.6 Å². The van der Waals surface area contributed by atoms with Crippen LogP contribution in [-0.2, 0) is 0 Å². The Labute approximate surface area is 134 Å². The van der Waals surface area contributed by atoms with Crippen LogP contribution < -0.4 is 5.56 Å². The average molecular weight is 375 g/mol. The molecule has 112 valence electrons. The van der Waals surface area contributed by atoms with Gasteiger partial charge in [0.15, 0.2) is 5.82 Å². The normalized spacial score (nSPS) is 17.5. The number of H-pyrrole nitrogens is 1. The Balaban J connectivity index is 2.12. The zero-order chi connectivity index (χ0) is 15.1. The first kappa shape index (κ1) is 14.9. The first-order valence-corrected chi connectivity index (χ1v) is 7.90. The molecule has 1 aliphatic heterocycles. The molecule has 1 aromatic carbocycles. The SMILES string of the molecule is CN1CCC(c2nc3c(F)c(Br)c(Cl)cc3c(=O)[nH]2)CC1. The van der Waals surface area contributed by atoms with E-state index in [0.29, 0.717) is 5.82 Å². The number of nitrogens with one attached hydrogen (secondary N) is 1. The van der Waals surface area contributed by atoms with Crippen LogP contribution in [0.5, 0.6) is 0 Å². The highest BCUT2D eigenvalue weighted by atomic mass is 79.9. The molecule has 0 unspecified atom stereocenters. The Kier molecular flexibility index (Phi) is 4.03. The molecular formula is C14H14BrClFN3O. The van der Waals surface area contributed by atoms with E-state index >= 15 is 0 Å². The number of aromatic nitrogens is 2. The summed E-state index contributed by atoms with van der Waals surface area (Å²) in [5.41, 5.74) is -0.272. The number of hydrogen-bond donors (Lipinski definition) is 1. The third-order valence-electron chi connectivity index (χ3n) is 3.96. The molecule has 3 rings (SSSR count). The highest BCUT2D eigenvalue weighted by Gasteiger charge is 2.22. The number of fused-ring (bicyclic) bond motifs is 1. The number of hydrogen-bond acceptors (Lipinski definition) is 3. The van der Waals surface area contributed by atoms with Crippen molar-refractivity contribution in [3.63, 3.8) is 0 Å². The Morgan fingerprint density at radius 3 is 2.81 bits per heavy atom. The van der Waals surface area contributed by atoms with Gasteiger partial charge in [-0.15, -0.1) is 0 Å². The van der Waals surface area contributed by atoms with Crippen LogP contribution in [0.25, 0.3) is 10.9 Å². The van der Waals surface area contributed by atoms with Crippen molar-refractivity contribution in [2.45, 2.75) is 18.8 Å². The minimum Gasteiger partial charge on any atom is -0.310 e. The summed E-state index contributed by atoms with van der Waals surface area (Å²) in [5, 5.41) is 0.344. The van der Waals surface area contributed by atoms with E-state index in [1.54, 1.807) is 0 Å². The van der Waals surface area contributed by atoms with Gasteiger partial charge < -0.3 is 9.88 Å². The fourth-order valence-electron chi connectivity index (χ4n) is 2.68. The highest BCUT2D eigenvalue weighted by Crippen LogP contribution is 2.31. The highest BCUT2D eigenvalue weighted by molar-refractivity contribution is 9.10. The lowest BCUT2D eigenvalue weighted by Gasteiger charge is -2.28. The fraction of sp³-hybridized carbons (Fsp3) is 0.429. The van der Waals surface area contributed by atoms with E-state index in [1.165, 1.54) is 6.07 Å². The number of nitrogens with zero attached hydrogens (tertiary/aromatic N) is 2. The van der Waals surface area contributed by atoms with Gasteiger partial charge in [-0.2, -0.15) is 0 Å². The Bertz CT molecular complexity index is 756. The molecule has 2 heterocycles. The molecule has 1 saturated heterocycles. The van der Waals surface area contributed by atoms with Gasteiger partial charge in [-0.3, -0.25) is 4.79 Å². The van der Waals surface area contributed by atoms with E-state index < -0.39 is 5.82 Å². The maximum atomic E-state index is 14.3. The second-order valence-electron chi connectivity index (χ2n) is 5.41. The molecule has 0 spiro atoms. The predicted octanol–water partition coefficient (Wildman–Crippen LogP) is 3.29. The summed E-state index contributed by atoms with van der Waals surface area (Å²) >= 11 is 8.98. The molecule has 0 bridgehead atoms. The molecule has 1 fully saturated rings. The number of rotatable bonds is 1. The number of halogens is 3. The van der Waals surface area contributed by atoms with Crippen molar-refractivity contribution in [3.8, 4) is 0 Å². The Hall–Kier alpha value is -0.980. The first-order valence-electron chi connectivity index (χ1n) is 6.73. The fourth-order valence-corrected chi connectivity index (χ4v) is 3.17. The summed E-state index contributed by atoms with van der Waals surface area (Å²) in [6.45, 7) is 1.89. The van der Waals surface area contributed by atoms with Crippen molar-refractivity contribution < 1.29 is 4.39 Å². The lowest BCUT2D eigenvalue weighted by Crippen LogP contribution is -2.30. The second-order valence-corrected chi connectivity index (χ2v) is 6.61. The first-order chi connectivity index (χ1) is 9.97. The molecule has 4 nitrogen and oxygen atoms in total. The lowest BCUT2D eigenvalue weighted by atomic mass is 9.96. The molecule has 0 aliphatic carbocycles. The molecule has 0 saturated carbocycles. The van der Waals surface area contributed by atoms with Gasteiger partial charge in [0, 0.05) is 5.92 Å². The summed E-state index contributed by atoms with van der Waals surface area (Å²) in [6, 6.07) is 1.44. The standard InChI is InChI=1S/C14H14BrClFN3O/c1-20-4-2-7(3-5-20)13-18-12-8(14(21)19-13)6-9(16)10(15)11(12)17/h6-7H,2-5H2,1H3,(H,18,19,21). The van der Waals surface area contributed by atoms with Crippen LogP contribution in [0.15, 0.2) is 15.3 Å². The minimum absolute atomic E-state index is 0.0731. The summed E-state index contributed by atoms with van der Waals surface area (Å²) in [6.07, 6.45) is 1.81. The molecule has 21 heavy (non-hydrogen) atoms. The van der Waals surface area contributed by atoms with E-state index in [9.17, 15) is 9.18 Å². The van der Waals surface area contributed by atoms with Crippen molar-refractivity contribution in [3.05, 3.63) is 37.6 Å². The molecule has 0 amide bonds. The van der Waals surface area contributed by atoms with Crippen molar-refractivity contribution in [2.75, 3.05) is 20.1 Å². The number of piperidine rings is 1. The quantitative estimate of drug-likeness (QED) is 0.779. The average Bonchev–Trinajstić information content (AvgIpc) is 2.47. The van der Waals surface area contributed by atoms with Gasteiger partial charge >= 0.3 is 0 Å². The molecule has 0 radical (unpaired) electrons. The largest absolute Gasteiger partial charge is 0.310 e. The molecule has 1 N–H and O–H groups in total. The van der Waals surface area contributed by atoms with Crippen molar-refractivity contribution in [2.24, 2.45) is 0 Å². The van der Waals surface area contributed by atoms with E-state index in [0.717, 1.165) is 25.9 Å². The van der Waals surface area contributed by atoms with Crippen LogP contribution in [0.4, 0.5) is 4.39 Å². The van der Waals surface area contributed by atoms with Gasteiger partial charge in [0.2, 0.25) is 0 Å². The topological polar surface area (TPSA) is 49.0 Å². The molecule has 1 aliphatic rings. The number of aromatic amines is 1. The molecule has 0 atom stereocenters. The maximum Gasteiger partial charge on any atom is 0.258 e. The maximum absolute atomic E-state index is 14.3. The molecule has 1 aromatic heterocycles. The zero-order valence-electron chi connectivity index (χ0n) is 11.4. The summed E-state index contributed by atoms with van der Waals surface area (Å²) < 4.78 is 14.4. The Morgan fingerprint density at radius 2 is 2.14 bits per heavy atom. The smallest absolute Gasteiger partial charge is 0.258 e. The van der Waals surface area contributed by atoms with Gasteiger partial charge in [0.05, 0.1) is 14.9 Å². The summed E-state index contributed by atoms with van der Waals surface area (Å²) in [5.74, 6) is 0.138. The van der Waals surface area contributed by atoms with E-state index in [-0.39, 0.29) is 31.9 Å². The van der Waals surface area contributed by atoms with Gasteiger partial charge in [0.1, 0.15) is 11.3 Å². The van der Waals surface area contributed by atoms with Gasteiger partial charge in [-0.25, -0.2) is 9.37 Å². The van der Waals surface area contributed by atoms with Crippen molar-refractivity contribution in [1.82, 2.24) is 14.9 Å². The summed E-state index contributed by atoms with van der Waals surface area (Å²) in [7, 11) is 2.06. The molecule has 2 aromatic rings. The van der Waals surface area contributed by atoms with Crippen molar-refractivity contribution in [1.29, 1.82) is 0 Å². The van der Waals surface area contributed by atoms with Crippen LogP contribution in [0, 0.1) is 5.82 Å². The van der Waals surface area contributed by atoms with E-state index in [2.05, 4.69) is 37.8 Å². The summed E-state index contributed by atoms with van der Waals surface area (Å²) in [4.78, 5) is 21.5. The van der Waals surface area contributed by atoms with Gasteiger partial charge in [-0.05, 0) is 55.0 Å². The number of likely N-dealkylation sites (tertiary alicyclic amines) is 1. The minimum atomic E-state index is -0.585. The number of benzene rings is 1. The Morgan fingerprint density at radius 1 is 1.48 bits per heavy atom. The lowest BCUT2D eigenvalue weighted by molar-refractivity contribution is 0.251.